The normalized spacial score (nSPS) is 33.8. The van der Waals surface area contributed by atoms with E-state index in [1.165, 1.54) is 6.42 Å². The van der Waals surface area contributed by atoms with E-state index in [2.05, 4.69) is 18.7 Å². The van der Waals surface area contributed by atoms with E-state index in [0.717, 1.165) is 58.2 Å². The van der Waals surface area contributed by atoms with Crippen LogP contribution in [0, 0.1) is 17.8 Å². The summed E-state index contributed by atoms with van der Waals surface area (Å²) >= 11 is 0. The molecule has 4 fully saturated rings. The predicted molar refractivity (Wildman–Crippen MR) is 94.5 cm³/mol. The monoisotopic (exact) mass is 335 g/mol. The van der Waals surface area contributed by atoms with Gasteiger partial charge >= 0.3 is 5.97 Å². The van der Waals surface area contributed by atoms with Gasteiger partial charge < -0.3 is 9.84 Å². The molecule has 4 aliphatic rings. The van der Waals surface area contributed by atoms with E-state index < -0.39 is 11.6 Å². The van der Waals surface area contributed by atoms with Gasteiger partial charge in [0.05, 0.1) is 0 Å². The fraction of sp³-hybridized carbons (Fsp3) is 0.850. The van der Waals surface area contributed by atoms with Crippen molar-refractivity contribution in [2.45, 2.75) is 70.5 Å². The van der Waals surface area contributed by atoms with Crippen LogP contribution in [0.15, 0.2) is 12.2 Å². The molecular weight excluding hydrogens is 302 g/mol. The third-order valence-electron chi connectivity index (χ3n) is 6.14. The predicted octanol–water partition coefficient (Wildman–Crippen LogP) is 3.15. The third-order valence-corrected chi connectivity index (χ3v) is 6.14. The van der Waals surface area contributed by atoms with Gasteiger partial charge in [-0.25, -0.2) is 4.79 Å². The summed E-state index contributed by atoms with van der Waals surface area (Å²) in [5.74, 6) is 0.369. The maximum atomic E-state index is 13.0. The topological polar surface area (TPSA) is 49.8 Å². The Kier molecular flexibility index (Phi) is 5.66. The molecule has 4 nitrogen and oxygen atoms in total. The number of allylic oxidation sites excluding steroid dienone is 1. The first-order valence-electron chi connectivity index (χ1n) is 9.84. The fourth-order valence-corrected chi connectivity index (χ4v) is 4.53. The van der Waals surface area contributed by atoms with Gasteiger partial charge in [-0.2, -0.15) is 0 Å². The molecule has 3 heterocycles. The number of piperidine rings is 3. The van der Waals surface area contributed by atoms with Crippen LogP contribution >= 0.6 is 0 Å². The maximum absolute atomic E-state index is 13.0. The number of fused-ring (bicyclic) bond motifs is 3. The molecule has 2 unspecified atom stereocenters. The van der Waals surface area contributed by atoms with Crippen molar-refractivity contribution in [3.8, 4) is 0 Å². The highest BCUT2D eigenvalue weighted by Gasteiger charge is 2.46. The van der Waals surface area contributed by atoms with Crippen molar-refractivity contribution in [2.24, 2.45) is 17.8 Å². The SMILES string of the molecule is CC(C)C=CC(O)(C(=O)OC1CN2CCC1CC2)C1CCCCC1. The zero-order chi connectivity index (χ0) is 17.2. The van der Waals surface area contributed by atoms with Gasteiger partial charge in [0.2, 0.25) is 0 Å². The van der Waals surface area contributed by atoms with Crippen LogP contribution in [0.1, 0.15) is 58.8 Å². The lowest BCUT2D eigenvalue weighted by molar-refractivity contribution is -0.181. The molecule has 1 N–H and O–H groups in total. The van der Waals surface area contributed by atoms with E-state index in [0.29, 0.717) is 11.8 Å². The summed E-state index contributed by atoms with van der Waals surface area (Å²) in [7, 11) is 0. The average Bonchev–Trinajstić information content (AvgIpc) is 2.61. The van der Waals surface area contributed by atoms with Crippen LogP contribution in [0.4, 0.5) is 0 Å². The lowest BCUT2D eigenvalue weighted by Gasteiger charge is -2.45. The molecule has 2 atom stereocenters. The van der Waals surface area contributed by atoms with Gasteiger partial charge in [-0.15, -0.1) is 0 Å². The molecule has 24 heavy (non-hydrogen) atoms. The minimum Gasteiger partial charge on any atom is -0.458 e. The van der Waals surface area contributed by atoms with Crippen LogP contribution in [-0.4, -0.2) is 47.3 Å². The van der Waals surface area contributed by atoms with E-state index in [4.69, 9.17) is 4.74 Å². The highest BCUT2D eigenvalue weighted by molar-refractivity contribution is 5.82. The first kappa shape index (κ1) is 17.9. The molecule has 0 aromatic heterocycles. The molecule has 0 radical (unpaired) electrons. The zero-order valence-electron chi connectivity index (χ0n) is 15.2. The molecule has 0 amide bonds. The average molecular weight is 335 g/mol. The molecule has 4 heteroatoms. The quantitative estimate of drug-likeness (QED) is 0.619. The smallest absolute Gasteiger partial charge is 0.342 e. The van der Waals surface area contributed by atoms with Crippen molar-refractivity contribution >= 4 is 5.97 Å². The number of rotatable bonds is 5. The van der Waals surface area contributed by atoms with Crippen LogP contribution in [0.3, 0.4) is 0 Å². The van der Waals surface area contributed by atoms with Crippen LogP contribution in [0.25, 0.3) is 0 Å². The second kappa shape index (κ2) is 7.57. The highest BCUT2D eigenvalue weighted by atomic mass is 16.6. The Hall–Kier alpha value is -0.870. The molecule has 0 aromatic carbocycles. The van der Waals surface area contributed by atoms with Gasteiger partial charge in [-0.05, 0) is 56.7 Å². The number of hydrogen-bond acceptors (Lipinski definition) is 4. The van der Waals surface area contributed by atoms with Gasteiger partial charge in [-0.3, -0.25) is 4.90 Å². The molecule has 3 aliphatic heterocycles. The van der Waals surface area contributed by atoms with Crippen LogP contribution in [-0.2, 0) is 9.53 Å². The molecule has 136 valence electrons. The summed E-state index contributed by atoms with van der Waals surface area (Å²) in [5.41, 5.74) is -1.45. The summed E-state index contributed by atoms with van der Waals surface area (Å²) < 4.78 is 5.89. The van der Waals surface area contributed by atoms with Crippen LogP contribution < -0.4 is 0 Å². The van der Waals surface area contributed by atoms with Crippen LogP contribution in [0.2, 0.25) is 0 Å². The summed E-state index contributed by atoms with van der Waals surface area (Å²) in [5, 5.41) is 11.3. The van der Waals surface area contributed by atoms with E-state index >= 15 is 0 Å². The second-order valence-corrected chi connectivity index (χ2v) is 8.35. The van der Waals surface area contributed by atoms with Gasteiger partial charge in [-0.1, -0.05) is 39.2 Å². The standard InChI is InChI=1S/C20H33NO3/c1-15(2)8-11-20(23,17-6-4-3-5-7-17)19(22)24-18-14-21-12-9-16(18)10-13-21/h8,11,15-18,23H,3-7,9-10,12-14H2,1-2H3. The molecule has 0 spiro atoms. The van der Waals surface area contributed by atoms with E-state index in [9.17, 15) is 9.90 Å². The van der Waals surface area contributed by atoms with Gasteiger partial charge in [0.25, 0.3) is 0 Å². The summed E-state index contributed by atoms with van der Waals surface area (Å²) in [6.45, 7) is 7.22. The van der Waals surface area contributed by atoms with Crippen molar-refractivity contribution in [1.29, 1.82) is 0 Å². The number of carbonyl (C=O) groups excluding carboxylic acids is 1. The van der Waals surface area contributed by atoms with Crippen molar-refractivity contribution < 1.29 is 14.6 Å². The fourth-order valence-electron chi connectivity index (χ4n) is 4.53. The van der Waals surface area contributed by atoms with Crippen molar-refractivity contribution in [3.63, 3.8) is 0 Å². The lowest BCUT2D eigenvalue weighted by Crippen LogP contribution is -2.55. The van der Waals surface area contributed by atoms with Gasteiger partial charge in [0.15, 0.2) is 5.60 Å². The third kappa shape index (κ3) is 3.85. The Balaban J connectivity index is 1.72. The molecule has 4 rings (SSSR count). The summed E-state index contributed by atoms with van der Waals surface area (Å²) in [4.78, 5) is 15.4. The molecule has 1 aliphatic carbocycles. The van der Waals surface area contributed by atoms with E-state index in [-0.39, 0.29) is 12.0 Å². The Morgan fingerprint density at radius 2 is 1.83 bits per heavy atom. The first-order valence-corrected chi connectivity index (χ1v) is 9.84. The minimum atomic E-state index is -1.45. The summed E-state index contributed by atoms with van der Waals surface area (Å²) in [6.07, 6.45) is 11.1. The Bertz CT molecular complexity index is 462. The van der Waals surface area contributed by atoms with Gasteiger partial charge in [0.1, 0.15) is 6.10 Å². The molecular formula is C20H33NO3. The van der Waals surface area contributed by atoms with E-state index in [1.54, 1.807) is 6.08 Å². The Labute approximate surface area is 146 Å². The first-order chi connectivity index (χ1) is 11.5. The largest absolute Gasteiger partial charge is 0.458 e. The second-order valence-electron chi connectivity index (χ2n) is 8.35. The zero-order valence-corrected chi connectivity index (χ0v) is 15.2. The molecule has 3 saturated heterocycles. The summed E-state index contributed by atoms with van der Waals surface area (Å²) in [6, 6.07) is 0. The maximum Gasteiger partial charge on any atom is 0.342 e. The van der Waals surface area contributed by atoms with Crippen molar-refractivity contribution in [1.82, 2.24) is 4.90 Å². The number of hydrogen-bond donors (Lipinski definition) is 1. The number of esters is 1. The van der Waals surface area contributed by atoms with Crippen molar-refractivity contribution in [3.05, 3.63) is 12.2 Å². The van der Waals surface area contributed by atoms with Crippen molar-refractivity contribution in [2.75, 3.05) is 19.6 Å². The lowest BCUT2D eigenvalue weighted by atomic mass is 9.76. The molecule has 2 bridgehead atoms. The van der Waals surface area contributed by atoms with E-state index in [1.807, 2.05) is 6.08 Å². The number of aliphatic hydroxyl groups is 1. The number of ether oxygens (including phenoxy) is 1. The molecule has 1 saturated carbocycles. The van der Waals surface area contributed by atoms with Gasteiger partial charge in [0, 0.05) is 12.5 Å². The van der Waals surface area contributed by atoms with Crippen LogP contribution in [0.5, 0.6) is 0 Å². The highest BCUT2D eigenvalue weighted by Crippen LogP contribution is 2.37. The molecule has 0 aromatic rings. The minimum absolute atomic E-state index is 0.00478. The Morgan fingerprint density at radius 3 is 2.38 bits per heavy atom. The number of carbonyl (C=O) groups is 1. The number of nitrogens with zero attached hydrogens (tertiary/aromatic N) is 1. The Morgan fingerprint density at radius 1 is 1.17 bits per heavy atom.